The van der Waals surface area contributed by atoms with E-state index in [0.29, 0.717) is 0 Å². The third-order valence-corrected chi connectivity index (χ3v) is 7.86. The minimum absolute atomic E-state index is 1.38. The molecule has 0 aromatic carbocycles. The molecule has 4 rings (SSSR count). The van der Waals surface area contributed by atoms with Crippen LogP contribution in [0.1, 0.15) is 65.1 Å². The number of aryl methyl sites for hydroxylation is 2. The van der Waals surface area contributed by atoms with Gasteiger partial charge in [-0.3, -0.25) is 0 Å². The number of rotatable bonds is 2. The van der Waals surface area contributed by atoms with E-state index in [0.717, 1.165) is 0 Å². The Morgan fingerprint density at radius 2 is 0.750 bits per heavy atom. The Morgan fingerprint density at radius 1 is 0.429 bits per heavy atom. The smallest absolute Gasteiger partial charge is 0.0464 e. The van der Waals surface area contributed by atoms with E-state index in [9.17, 15) is 0 Å². The second-order valence-corrected chi connectivity index (χ2v) is 9.51. The molecule has 4 aromatic heterocycles. The van der Waals surface area contributed by atoms with E-state index in [-0.39, 0.29) is 0 Å². The van der Waals surface area contributed by atoms with Gasteiger partial charge in [-0.1, -0.05) is 55.4 Å². The van der Waals surface area contributed by atoms with Crippen molar-refractivity contribution in [2.45, 2.75) is 69.2 Å². The quantitative estimate of drug-likeness (QED) is 0.283. The first-order valence-corrected chi connectivity index (χ1v) is 13.6. The van der Waals surface area contributed by atoms with Crippen molar-refractivity contribution < 1.29 is 0 Å². The first-order chi connectivity index (χ1) is 13.7. The van der Waals surface area contributed by atoms with Gasteiger partial charge in [0.15, 0.2) is 0 Å². The Kier molecular flexibility index (Phi) is 14.5. The van der Waals surface area contributed by atoms with Crippen LogP contribution in [0.25, 0.3) is 28.9 Å². The maximum absolute atomic E-state index is 2.35. The topological polar surface area (TPSA) is 0 Å². The zero-order valence-corrected chi connectivity index (χ0v) is 22.4. The van der Waals surface area contributed by atoms with Crippen molar-refractivity contribution in [2.24, 2.45) is 0 Å². The van der Waals surface area contributed by atoms with Gasteiger partial charge in [0.2, 0.25) is 0 Å². The SMILES string of the molecule is CC.CC.CC.CC.Cc1ccc(-c2cc3sc(-c4ccc(C)s4)cc3s2)s1. The lowest BCUT2D eigenvalue weighted by molar-refractivity contribution is 1.50. The van der Waals surface area contributed by atoms with Gasteiger partial charge in [0.1, 0.15) is 0 Å². The van der Waals surface area contributed by atoms with E-state index >= 15 is 0 Å². The van der Waals surface area contributed by atoms with Crippen molar-refractivity contribution in [3.63, 3.8) is 0 Å². The normalized spacial score (nSPS) is 9.07. The summed E-state index contributed by atoms with van der Waals surface area (Å²) in [5, 5.41) is 0. The van der Waals surface area contributed by atoms with Crippen molar-refractivity contribution in [2.75, 3.05) is 0 Å². The van der Waals surface area contributed by atoms with Crippen LogP contribution in [0.2, 0.25) is 0 Å². The Hall–Kier alpha value is -0.940. The van der Waals surface area contributed by atoms with Crippen molar-refractivity contribution in [3.8, 4) is 19.5 Å². The molecule has 0 amide bonds. The molecular formula is C24H36S4. The maximum Gasteiger partial charge on any atom is 0.0464 e. The van der Waals surface area contributed by atoms with E-state index in [1.165, 1.54) is 38.7 Å². The number of fused-ring (bicyclic) bond motifs is 1. The molecule has 156 valence electrons. The molecule has 0 aliphatic heterocycles. The third kappa shape index (κ3) is 7.14. The number of hydrogen-bond donors (Lipinski definition) is 0. The molecule has 0 N–H and O–H groups in total. The van der Waals surface area contributed by atoms with Gasteiger partial charge in [-0.15, -0.1) is 45.3 Å². The minimum Gasteiger partial charge on any atom is -0.140 e. The zero-order valence-electron chi connectivity index (χ0n) is 19.1. The fourth-order valence-electron chi connectivity index (χ4n) is 2.21. The molecular weight excluding hydrogens is 417 g/mol. The fraction of sp³-hybridized carbons (Fsp3) is 0.417. The highest BCUT2D eigenvalue weighted by Crippen LogP contribution is 2.44. The van der Waals surface area contributed by atoms with Crippen LogP contribution in [0.4, 0.5) is 0 Å². The van der Waals surface area contributed by atoms with Crippen molar-refractivity contribution in [3.05, 3.63) is 46.2 Å². The van der Waals surface area contributed by atoms with Crippen molar-refractivity contribution in [1.29, 1.82) is 0 Å². The Labute approximate surface area is 188 Å². The molecule has 0 radical (unpaired) electrons. The molecule has 0 aliphatic carbocycles. The van der Waals surface area contributed by atoms with Gasteiger partial charge in [0.25, 0.3) is 0 Å². The average Bonchev–Trinajstić information content (AvgIpc) is 3.52. The maximum atomic E-state index is 2.35. The van der Waals surface area contributed by atoms with Crippen LogP contribution in [-0.2, 0) is 0 Å². The molecule has 28 heavy (non-hydrogen) atoms. The molecule has 0 aliphatic rings. The monoisotopic (exact) mass is 452 g/mol. The highest BCUT2D eigenvalue weighted by molar-refractivity contribution is 7.33. The van der Waals surface area contributed by atoms with E-state index in [1.54, 1.807) is 0 Å². The largest absolute Gasteiger partial charge is 0.140 e. The minimum atomic E-state index is 1.38. The summed E-state index contributed by atoms with van der Waals surface area (Å²) in [6.07, 6.45) is 0. The lowest BCUT2D eigenvalue weighted by atomic mass is 10.3. The second-order valence-electron chi connectivity index (χ2n) is 4.77. The number of thiophene rings is 4. The molecule has 0 spiro atoms. The fourth-order valence-corrected chi connectivity index (χ4v) is 6.51. The van der Waals surface area contributed by atoms with Crippen LogP contribution in [0.3, 0.4) is 0 Å². The van der Waals surface area contributed by atoms with Crippen LogP contribution >= 0.6 is 45.3 Å². The summed E-state index contributed by atoms with van der Waals surface area (Å²) in [5.41, 5.74) is 0. The molecule has 0 nitrogen and oxygen atoms in total. The summed E-state index contributed by atoms with van der Waals surface area (Å²) in [4.78, 5) is 8.35. The van der Waals surface area contributed by atoms with E-state index in [2.05, 4.69) is 50.2 Å². The molecule has 4 aromatic rings. The molecule has 0 saturated carbocycles. The van der Waals surface area contributed by atoms with Crippen LogP contribution in [0.5, 0.6) is 0 Å². The van der Waals surface area contributed by atoms with Gasteiger partial charge in [-0.2, -0.15) is 0 Å². The summed E-state index contributed by atoms with van der Waals surface area (Å²) < 4.78 is 2.83. The van der Waals surface area contributed by atoms with Gasteiger partial charge >= 0.3 is 0 Å². The molecule has 4 heterocycles. The predicted octanol–water partition coefficient (Wildman–Crippen LogP) is 11.1. The van der Waals surface area contributed by atoms with Gasteiger partial charge in [-0.25, -0.2) is 0 Å². The van der Waals surface area contributed by atoms with Crippen LogP contribution in [-0.4, -0.2) is 0 Å². The molecule has 0 atom stereocenters. The number of hydrogen-bond acceptors (Lipinski definition) is 4. The van der Waals surface area contributed by atoms with Crippen LogP contribution in [0.15, 0.2) is 36.4 Å². The molecule has 0 bridgehead atoms. The Bertz CT molecular complexity index is 786. The first-order valence-electron chi connectivity index (χ1n) is 10.4. The molecule has 0 fully saturated rings. The lowest BCUT2D eigenvalue weighted by Gasteiger charge is -1.90. The Balaban J connectivity index is 0.000000818. The van der Waals surface area contributed by atoms with Gasteiger partial charge in [-0.05, 0) is 50.2 Å². The standard InChI is InChI=1S/C16H12S4.4C2H6/c1-9-3-5-11(17-9)13-7-15-16(19-13)8-14(20-15)12-6-4-10(2)18-12;4*1-2/h3-8H,1-2H3;4*1-2H3. The summed E-state index contributed by atoms with van der Waals surface area (Å²) in [6, 6.07) is 13.6. The molecule has 0 unspecified atom stereocenters. The second kappa shape index (κ2) is 15.0. The summed E-state index contributed by atoms with van der Waals surface area (Å²) in [7, 11) is 0. The van der Waals surface area contributed by atoms with E-state index in [1.807, 2.05) is 101 Å². The molecule has 0 saturated heterocycles. The van der Waals surface area contributed by atoms with E-state index < -0.39 is 0 Å². The Morgan fingerprint density at radius 3 is 1.00 bits per heavy atom. The zero-order chi connectivity index (χ0) is 21.7. The highest BCUT2D eigenvalue weighted by Gasteiger charge is 2.11. The summed E-state index contributed by atoms with van der Waals surface area (Å²) >= 11 is 7.58. The third-order valence-electron chi connectivity index (χ3n) is 3.17. The van der Waals surface area contributed by atoms with Gasteiger partial charge < -0.3 is 0 Å². The van der Waals surface area contributed by atoms with Crippen molar-refractivity contribution in [1.82, 2.24) is 0 Å². The van der Waals surface area contributed by atoms with Gasteiger partial charge in [0, 0.05) is 38.7 Å². The van der Waals surface area contributed by atoms with Crippen LogP contribution in [0, 0.1) is 13.8 Å². The molecule has 4 heteroatoms. The first kappa shape index (κ1) is 27.1. The van der Waals surface area contributed by atoms with E-state index in [4.69, 9.17) is 0 Å². The predicted molar refractivity (Wildman–Crippen MR) is 141 cm³/mol. The van der Waals surface area contributed by atoms with Gasteiger partial charge in [0.05, 0.1) is 0 Å². The highest BCUT2D eigenvalue weighted by atomic mass is 32.1. The van der Waals surface area contributed by atoms with Crippen LogP contribution < -0.4 is 0 Å². The summed E-state index contributed by atoms with van der Waals surface area (Å²) in [6.45, 7) is 20.3. The average molecular weight is 453 g/mol. The van der Waals surface area contributed by atoms with Crippen molar-refractivity contribution >= 4 is 54.7 Å². The summed E-state index contributed by atoms with van der Waals surface area (Å²) in [5.74, 6) is 0. The lowest BCUT2D eigenvalue weighted by Crippen LogP contribution is -1.59.